The van der Waals surface area contributed by atoms with Gasteiger partial charge in [0.05, 0.1) is 11.8 Å². The third-order valence-electron chi connectivity index (χ3n) is 1.51. The van der Waals surface area contributed by atoms with Crippen molar-refractivity contribution in [3.63, 3.8) is 0 Å². The van der Waals surface area contributed by atoms with E-state index >= 15 is 0 Å². The van der Waals surface area contributed by atoms with E-state index in [1.54, 1.807) is 27.8 Å². The molecule has 0 N–H and O–H groups in total. The normalized spacial score (nSPS) is 11.5. The van der Waals surface area contributed by atoms with Crippen molar-refractivity contribution in [2.24, 2.45) is 0 Å². The molecule has 12 heavy (non-hydrogen) atoms. The van der Waals surface area contributed by atoms with Gasteiger partial charge in [-0.05, 0) is 20.8 Å². The minimum atomic E-state index is -3.12. The summed E-state index contributed by atoms with van der Waals surface area (Å²) in [6.45, 7) is 5.28. The Morgan fingerprint density at radius 2 is 1.92 bits per heavy atom. The van der Waals surface area contributed by atoms with Gasteiger partial charge in [-0.25, -0.2) is 8.42 Å². The van der Waals surface area contributed by atoms with E-state index in [1.165, 1.54) is 4.31 Å². The third kappa shape index (κ3) is 2.84. The van der Waals surface area contributed by atoms with Crippen LogP contribution in [0, 0.1) is 11.8 Å². The Kier molecular flexibility index (Phi) is 4.29. The molecule has 0 saturated heterocycles. The van der Waals surface area contributed by atoms with Crippen LogP contribution >= 0.6 is 0 Å². The van der Waals surface area contributed by atoms with E-state index in [2.05, 4.69) is 11.8 Å². The summed E-state index contributed by atoms with van der Waals surface area (Å²) in [5, 5.41) is -0.374. The lowest BCUT2D eigenvalue weighted by atomic mass is 10.6. The van der Waals surface area contributed by atoms with Gasteiger partial charge in [0.1, 0.15) is 0 Å². The second-order valence-corrected chi connectivity index (χ2v) is 5.37. The lowest BCUT2D eigenvalue weighted by Crippen LogP contribution is -2.33. The molecule has 0 aliphatic rings. The number of nitrogens with zero attached hydrogens (tertiary/aromatic N) is 1. The molecule has 0 aromatic rings. The smallest absolute Gasteiger partial charge is 0.212 e. The van der Waals surface area contributed by atoms with Crippen molar-refractivity contribution in [2.75, 3.05) is 13.6 Å². The number of hydrogen-bond donors (Lipinski definition) is 0. The molecule has 0 radical (unpaired) electrons. The maximum absolute atomic E-state index is 11.4. The molecule has 70 valence electrons. The first-order chi connectivity index (χ1) is 5.42. The van der Waals surface area contributed by atoms with Crippen molar-refractivity contribution in [3.05, 3.63) is 0 Å². The fraction of sp³-hybridized carbons (Fsp3) is 0.750. The molecule has 4 heteroatoms. The van der Waals surface area contributed by atoms with Crippen molar-refractivity contribution in [3.8, 4) is 11.8 Å². The van der Waals surface area contributed by atoms with Gasteiger partial charge in [-0.15, -0.1) is 5.92 Å². The molecule has 0 aromatic heterocycles. The van der Waals surface area contributed by atoms with Crippen LogP contribution in [0.1, 0.15) is 20.8 Å². The van der Waals surface area contributed by atoms with Crippen LogP contribution in [-0.4, -0.2) is 31.6 Å². The highest BCUT2D eigenvalue weighted by Gasteiger charge is 2.20. The maximum Gasteiger partial charge on any atom is 0.217 e. The van der Waals surface area contributed by atoms with Gasteiger partial charge in [0.25, 0.3) is 0 Å². The van der Waals surface area contributed by atoms with E-state index in [-0.39, 0.29) is 11.8 Å². The van der Waals surface area contributed by atoms with Crippen LogP contribution in [0.15, 0.2) is 0 Å². The summed E-state index contributed by atoms with van der Waals surface area (Å²) in [5.41, 5.74) is 0. The Labute approximate surface area is 74.8 Å². The summed E-state index contributed by atoms with van der Waals surface area (Å²) >= 11 is 0. The lowest BCUT2D eigenvalue weighted by Gasteiger charge is -2.16. The first-order valence-corrected chi connectivity index (χ1v) is 5.28. The second-order valence-electron chi connectivity index (χ2n) is 2.78. The number of hydrogen-bond acceptors (Lipinski definition) is 2. The first kappa shape index (κ1) is 11.5. The first-order valence-electron chi connectivity index (χ1n) is 3.77. The Morgan fingerprint density at radius 3 is 2.25 bits per heavy atom. The largest absolute Gasteiger partial charge is 0.217 e. The third-order valence-corrected chi connectivity index (χ3v) is 3.70. The van der Waals surface area contributed by atoms with E-state index in [1.807, 2.05) is 0 Å². The Balaban J connectivity index is 4.44. The van der Waals surface area contributed by atoms with Crippen molar-refractivity contribution >= 4 is 10.0 Å². The molecule has 0 aromatic carbocycles. The molecular weight excluding hydrogens is 174 g/mol. The maximum atomic E-state index is 11.4. The molecule has 0 atom stereocenters. The minimum absolute atomic E-state index is 0.275. The molecule has 0 bridgehead atoms. The topological polar surface area (TPSA) is 37.4 Å². The lowest BCUT2D eigenvalue weighted by molar-refractivity contribution is 0.494. The molecule has 0 saturated carbocycles. The molecule has 0 amide bonds. The minimum Gasteiger partial charge on any atom is -0.212 e. The summed E-state index contributed by atoms with van der Waals surface area (Å²) in [6.07, 6.45) is 0. The van der Waals surface area contributed by atoms with Gasteiger partial charge in [0, 0.05) is 7.05 Å². The van der Waals surface area contributed by atoms with E-state index < -0.39 is 10.0 Å². The van der Waals surface area contributed by atoms with E-state index in [4.69, 9.17) is 0 Å². The Hall–Kier alpha value is -0.530. The van der Waals surface area contributed by atoms with Gasteiger partial charge in [-0.1, -0.05) is 5.92 Å². The van der Waals surface area contributed by atoms with Crippen LogP contribution in [0.4, 0.5) is 0 Å². The van der Waals surface area contributed by atoms with Crippen molar-refractivity contribution in [1.82, 2.24) is 4.31 Å². The molecule has 0 rings (SSSR count). The second kappa shape index (κ2) is 4.48. The fourth-order valence-electron chi connectivity index (χ4n) is 0.640. The standard InChI is InChI=1S/C8H15NO2S/c1-5-6-7-9(4)12(10,11)8(2)3/h8H,7H2,1-4H3. The van der Waals surface area contributed by atoms with Gasteiger partial charge in [0.2, 0.25) is 10.0 Å². The van der Waals surface area contributed by atoms with Crippen molar-refractivity contribution < 1.29 is 8.42 Å². The molecule has 0 aliphatic heterocycles. The highest BCUT2D eigenvalue weighted by atomic mass is 32.2. The predicted molar refractivity (Wildman–Crippen MR) is 50.1 cm³/mol. The predicted octanol–water partition coefficient (Wildman–Crippen LogP) is 0.680. The summed E-state index contributed by atoms with van der Waals surface area (Å²) in [7, 11) is -1.58. The molecule has 0 unspecified atom stereocenters. The molecule has 3 nitrogen and oxygen atoms in total. The SMILES string of the molecule is CC#CCN(C)S(=O)(=O)C(C)C. The average Bonchev–Trinajstić information content (AvgIpc) is 1.99. The summed E-state index contributed by atoms with van der Waals surface area (Å²) in [5.74, 6) is 5.36. The monoisotopic (exact) mass is 189 g/mol. The van der Waals surface area contributed by atoms with Gasteiger partial charge >= 0.3 is 0 Å². The zero-order valence-corrected chi connectivity index (χ0v) is 8.77. The molecule has 0 aliphatic carbocycles. The number of rotatable bonds is 3. The van der Waals surface area contributed by atoms with E-state index in [0.29, 0.717) is 0 Å². The van der Waals surface area contributed by atoms with Gasteiger partial charge in [0.15, 0.2) is 0 Å². The van der Waals surface area contributed by atoms with E-state index in [0.717, 1.165) is 0 Å². The molecular formula is C8H15NO2S. The van der Waals surface area contributed by atoms with Crippen LogP contribution < -0.4 is 0 Å². The Bertz CT molecular complexity index is 282. The van der Waals surface area contributed by atoms with Crippen molar-refractivity contribution in [2.45, 2.75) is 26.0 Å². The van der Waals surface area contributed by atoms with Gasteiger partial charge in [-0.3, -0.25) is 0 Å². The van der Waals surface area contributed by atoms with Crippen LogP contribution in [0.2, 0.25) is 0 Å². The molecule has 0 heterocycles. The summed E-state index contributed by atoms with van der Waals surface area (Å²) in [4.78, 5) is 0. The van der Waals surface area contributed by atoms with Crippen LogP contribution in [0.25, 0.3) is 0 Å². The summed E-state index contributed by atoms with van der Waals surface area (Å²) < 4.78 is 24.1. The quantitative estimate of drug-likeness (QED) is 0.612. The zero-order valence-electron chi connectivity index (χ0n) is 7.96. The van der Waals surface area contributed by atoms with Crippen LogP contribution in [-0.2, 0) is 10.0 Å². The van der Waals surface area contributed by atoms with Crippen molar-refractivity contribution in [1.29, 1.82) is 0 Å². The van der Waals surface area contributed by atoms with Gasteiger partial charge in [-0.2, -0.15) is 4.31 Å². The average molecular weight is 189 g/mol. The summed E-state index contributed by atoms with van der Waals surface area (Å²) in [6, 6.07) is 0. The molecule has 0 fully saturated rings. The molecule has 0 spiro atoms. The number of sulfonamides is 1. The highest BCUT2D eigenvalue weighted by Crippen LogP contribution is 2.04. The van der Waals surface area contributed by atoms with Crippen LogP contribution in [0.3, 0.4) is 0 Å². The Morgan fingerprint density at radius 1 is 1.42 bits per heavy atom. The highest BCUT2D eigenvalue weighted by molar-refractivity contribution is 7.89. The zero-order chi connectivity index (χ0) is 9.78. The van der Waals surface area contributed by atoms with Crippen LogP contribution in [0.5, 0.6) is 0 Å². The van der Waals surface area contributed by atoms with Gasteiger partial charge < -0.3 is 0 Å². The van der Waals surface area contributed by atoms with E-state index in [9.17, 15) is 8.42 Å². The fourth-order valence-corrected chi connectivity index (χ4v) is 1.60.